The Morgan fingerprint density at radius 3 is 2.71 bits per heavy atom. The van der Waals surface area contributed by atoms with Crippen LogP contribution in [-0.2, 0) is 4.74 Å². The molecule has 14 heavy (non-hydrogen) atoms. The largest absolute Gasteiger partial charge is 0.377 e. The van der Waals surface area contributed by atoms with E-state index in [2.05, 4.69) is 26.1 Å². The summed E-state index contributed by atoms with van der Waals surface area (Å²) in [6.07, 6.45) is 6.56. The minimum atomic E-state index is 0.461. The van der Waals surface area contributed by atoms with Crippen molar-refractivity contribution in [1.82, 2.24) is 5.32 Å². The van der Waals surface area contributed by atoms with E-state index < -0.39 is 0 Å². The monoisotopic (exact) mass is 199 g/mol. The van der Waals surface area contributed by atoms with E-state index in [1.807, 2.05) is 0 Å². The van der Waals surface area contributed by atoms with Crippen LogP contribution in [0.5, 0.6) is 0 Å². The van der Waals surface area contributed by atoms with Crippen molar-refractivity contribution in [2.75, 3.05) is 6.61 Å². The van der Waals surface area contributed by atoms with Crippen LogP contribution >= 0.6 is 0 Å². The van der Waals surface area contributed by atoms with E-state index in [0.29, 0.717) is 18.2 Å². The standard InChI is InChI=1S/C12H25NO/c1-4-6-9-14-12-8-7-10(3)13-11(12)5-2/h10-13H,4-9H2,1-3H3. The van der Waals surface area contributed by atoms with E-state index in [4.69, 9.17) is 4.74 Å². The lowest BCUT2D eigenvalue weighted by Crippen LogP contribution is -2.49. The Kier molecular flexibility index (Phi) is 5.49. The summed E-state index contributed by atoms with van der Waals surface area (Å²) in [4.78, 5) is 0. The summed E-state index contributed by atoms with van der Waals surface area (Å²) in [5, 5.41) is 3.62. The third-order valence-corrected chi connectivity index (χ3v) is 3.10. The Balaban J connectivity index is 2.27. The van der Waals surface area contributed by atoms with Crippen molar-refractivity contribution in [3.8, 4) is 0 Å². The first-order valence-corrected chi connectivity index (χ1v) is 6.15. The SMILES string of the molecule is CCCCOC1CCC(C)NC1CC. The molecule has 1 heterocycles. The minimum Gasteiger partial charge on any atom is -0.377 e. The van der Waals surface area contributed by atoms with E-state index >= 15 is 0 Å². The van der Waals surface area contributed by atoms with Gasteiger partial charge in [-0.15, -0.1) is 0 Å². The predicted octanol–water partition coefficient (Wildman–Crippen LogP) is 2.72. The van der Waals surface area contributed by atoms with Crippen molar-refractivity contribution in [2.45, 2.75) is 71.1 Å². The fraction of sp³-hybridized carbons (Fsp3) is 1.00. The van der Waals surface area contributed by atoms with Crippen molar-refractivity contribution in [3.63, 3.8) is 0 Å². The maximum absolute atomic E-state index is 5.91. The van der Waals surface area contributed by atoms with Gasteiger partial charge in [-0.05, 0) is 32.6 Å². The van der Waals surface area contributed by atoms with E-state index in [1.54, 1.807) is 0 Å². The zero-order valence-electron chi connectivity index (χ0n) is 9.88. The second-order valence-corrected chi connectivity index (χ2v) is 4.42. The Bertz CT molecular complexity index is 149. The Hall–Kier alpha value is -0.0800. The molecule has 0 radical (unpaired) electrons. The molecular weight excluding hydrogens is 174 g/mol. The average molecular weight is 199 g/mol. The first kappa shape index (κ1) is 12.0. The molecule has 84 valence electrons. The average Bonchev–Trinajstić information content (AvgIpc) is 2.20. The summed E-state index contributed by atoms with van der Waals surface area (Å²) in [5.74, 6) is 0. The fourth-order valence-corrected chi connectivity index (χ4v) is 2.13. The van der Waals surface area contributed by atoms with Crippen LogP contribution in [0, 0.1) is 0 Å². The highest BCUT2D eigenvalue weighted by molar-refractivity contribution is 4.84. The van der Waals surface area contributed by atoms with E-state index in [-0.39, 0.29) is 0 Å². The molecule has 0 aromatic rings. The van der Waals surface area contributed by atoms with Gasteiger partial charge in [0.25, 0.3) is 0 Å². The van der Waals surface area contributed by atoms with Gasteiger partial charge in [-0.2, -0.15) is 0 Å². The van der Waals surface area contributed by atoms with Crippen molar-refractivity contribution in [2.24, 2.45) is 0 Å². The van der Waals surface area contributed by atoms with Crippen LogP contribution in [-0.4, -0.2) is 24.8 Å². The molecule has 0 aromatic heterocycles. The molecule has 3 atom stereocenters. The van der Waals surface area contributed by atoms with Gasteiger partial charge in [0.2, 0.25) is 0 Å². The lowest BCUT2D eigenvalue weighted by molar-refractivity contribution is -0.00158. The summed E-state index contributed by atoms with van der Waals surface area (Å²) in [7, 11) is 0. The number of piperidine rings is 1. The van der Waals surface area contributed by atoms with Crippen LogP contribution in [0.1, 0.15) is 52.9 Å². The van der Waals surface area contributed by atoms with Crippen molar-refractivity contribution < 1.29 is 4.74 Å². The predicted molar refractivity (Wildman–Crippen MR) is 60.6 cm³/mol. The normalized spacial score (nSPS) is 33.2. The maximum atomic E-state index is 5.91. The molecule has 1 fully saturated rings. The van der Waals surface area contributed by atoms with Gasteiger partial charge in [0, 0.05) is 18.7 Å². The molecule has 1 rings (SSSR count). The third kappa shape index (κ3) is 3.58. The quantitative estimate of drug-likeness (QED) is 0.687. The summed E-state index contributed by atoms with van der Waals surface area (Å²) >= 11 is 0. The van der Waals surface area contributed by atoms with E-state index in [1.165, 1.54) is 32.1 Å². The zero-order chi connectivity index (χ0) is 10.4. The lowest BCUT2D eigenvalue weighted by atomic mass is 9.95. The van der Waals surface area contributed by atoms with Crippen molar-refractivity contribution in [1.29, 1.82) is 0 Å². The van der Waals surface area contributed by atoms with Gasteiger partial charge in [-0.3, -0.25) is 0 Å². The smallest absolute Gasteiger partial charge is 0.0728 e. The Morgan fingerprint density at radius 2 is 2.07 bits per heavy atom. The number of ether oxygens (including phenoxy) is 1. The van der Waals surface area contributed by atoms with Crippen LogP contribution < -0.4 is 5.32 Å². The Labute approximate surface area is 88.4 Å². The molecule has 2 nitrogen and oxygen atoms in total. The summed E-state index contributed by atoms with van der Waals surface area (Å²) < 4.78 is 5.91. The molecule has 3 unspecified atom stereocenters. The number of hydrogen-bond acceptors (Lipinski definition) is 2. The molecule has 2 heteroatoms. The van der Waals surface area contributed by atoms with Crippen LogP contribution in [0.4, 0.5) is 0 Å². The van der Waals surface area contributed by atoms with Crippen LogP contribution in [0.3, 0.4) is 0 Å². The molecule has 0 aromatic carbocycles. The van der Waals surface area contributed by atoms with Gasteiger partial charge in [0.1, 0.15) is 0 Å². The zero-order valence-corrected chi connectivity index (χ0v) is 9.88. The fourth-order valence-electron chi connectivity index (χ4n) is 2.13. The minimum absolute atomic E-state index is 0.461. The van der Waals surface area contributed by atoms with Gasteiger partial charge in [0.05, 0.1) is 6.10 Å². The number of unbranched alkanes of at least 4 members (excludes halogenated alkanes) is 1. The van der Waals surface area contributed by atoms with Crippen molar-refractivity contribution in [3.05, 3.63) is 0 Å². The molecular formula is C12H25NO. The highest BCUT2D eigenvalue weighted by atomic mass is 16.5. The van der Waals surface area contributed by atoms with Gasteiger partial charge in [-0.25, -0.2) is 0 Å². The van der Waals surface area contributed by atoms with Crippen LogP contribution in [0.25, 0.3) is 0 Å². The first-order chi connectivity index (χ1) is 6.77. The second-order valence-electron chi connectivity index (χ2n) is 4.42. The lowest BCUT2D eigenvalue weighted by Gasteiger charge is -2.35. The highest BCUT2D eigenvalue weighted by Gasteiger charge is 2.26. The summed E-state index contributed by atoms with van der Waals surface area (Å²) in [6, 6.07) is 1.25. The molecule has 0 spiro atoms. The summed E-state index contributed by atoms with van der Waals surface area (Å²) in [6.45, 7) is 7.66. The molecule has 0 saturated carbocycles. The number of hydrogen-bond donors (Lipinski definition) is 1. The topological polar surface area (TPSA) is 21.3 Å². The van der Waals surface area contributed by atoms with Gasteiger partial charge < -0.3 is 10.1 Å². The Morgan fingerprint density at radius 1 is 1.29 bits per heavy atom. The number of rotatable bonds is 5. The van der Waals surface area contributed by atoms with Gasteiger partial charge in [0.15, 0.2) is 0 Å². The van der Waals surface area contributed by atoms with Crippen LogP contribution in [0.15, 0.2) is 0 Å². The molecule has 1 aliphatic rings. The third-order valence-electron chi connectivity index (χ3n) is 3.10. The summed E-state index contributed by atoms with van der Waals surface area (Å²) in [5.41, 5.74) is 0. The molecule has 1 N–H and O–H groups in total. The highest BCUT2D eigenvalue weighted by Crippen LogP contribution is 2.18. The van der Waals surface area contributed by atoms with Gasteiger partial charge >= 0.3 is 0 Å². The van der Waals surface area contributed by atoms with E-state index in [9.17, 15) is 0 Å². The maximum Gasteiger partial charge on any atom is 0.0728 e. The molecule has 0 bridgehead atoms. The van der Waals surface area contributed by atoms with E-state index in [0.717, 1.165) is 6.61 Å². The number of nitrogens with one attached hydrogen (secondary N) is 1. The molecule has 0 aliphatic carbocycles. The molecule has 1 saturated heterocycles. The van der Waals surface area contributed by atoms with Gasteiger partial charge in [-0.1, -0.05) is 20.3 Å². The van der Waals surface area contributed by atoms with Crippen LogP contribution in [0.2, 0.25) is 0 Å². The van der Waals surface area contributed by atoms with Crippen molar-refractivity contribution >= 4 is 0 Å². The first-order valence-electron chi connectivity index (χ1n) is 6.15. The molecule has 1 aliphatic heterocycles. The second kappa shape index (κ2) is 6.41. The molecule has 0 amide bonds.